The molecule has 0 saturated carbocycles. The SMILES string of the molecule is C=CCOC(=O)CO.O=S(=O)(O)O. The minimum absolute atomic E-state index is 0.166. The van der Waals surface area contributed by atoms with E-state index in [1.54, 1.807) is 0 Å². The number of aliphatic hydroxyl groups is 1. The predicted octanol–water partition coefficient (Wildman–Crippen LogP) is -0.945. The number of rotatable bonds is 3. The summed E-state index contributed by atoms with van der Waals surface area (Å²) in [4.78, 5) is 10.1. The largest absolute Gasteiger partial charge is 0.460 e. The molecule has 13 heavy (non-hydrogen) atoms. The maximum Gasteiger partial charge on any atom is 0.394 e. The maximum atomic E-state index is 10.1. The summed E-state index contributed by atoms with van der Waals surface area (Å²) in [7, 11) is -4.67. The van der Waals surface area contributed by atoms with Crippen molar-refractivity contribution in [2.24, 2.45) is 0 Å². The number of hydrogen-bond donors (Lipinski definition) is 3. The van der Waals surface area contributed by atoms with Gasteiger partial charge in [-0.3, -0.25) is 9.11 Å². The van der Waals surface area contributed by atoms with Crippen LogP contribution in [0.25, 0.3) is 0 Å². The van der Waals surface area contributed by atoms with Gasteiger partial charge in [-0.05, 0) is 0 Å². The second kappa shape index (κ2) is 7.68. The third-order valence-electron chi connectivity index (χ3n) is 0.491. The summed E-state index contributed by atoms with van der Waals surface area (Å²) in [6.45, 7) is 2.91. The van der Waals surface area contributed by atoms with Gasteiger partial charge in [0.25, 0.3) is 0 Å². The number of esters is 1. The van der Waals surface area contributed by atoms with Crippen molar-refractivity contribution in [3.63, 3.8) is 0 Å². The molecule has 0 aromatic heterocycles. The Kier molecular flexibility index (Phi) is 8.60. The van der Waals surface area contributed by atoms with E-state index in [9.17, 15) is 4.79 Å². The predicted molar refractivity (Wildman–Crippen MR) is 42.4 cm³/mol. The van der Waals surface area contributed by atoms with Crippen molar-refractivity contribution in [1.82, 2.24) is 0 Å². The molecule has 0 heterocycles. The molecule has 0 aliphatic heterocycles. The van der Waals surface area contributed by atoms with Crippen LogP contribution in [0.15, 0.2) is 12.7 Å². The molecule has 0 amide bonds. The second-order valence-electron chi connectivity index (χ2n) is 1.58. The fourth-order valence-electron chi connectivity index (χ4n) is 0.198. The lowest BCUT2D eigenvalue weighted by molar-refractivity contribution is -0.145. The molecule has 0 bridgehead atoms. The Bertz CT molecular complexity index is 234. The Balaban J connectivity index is 0. The summed E-state index contributed by atoms with van der Waals surface area (Å²) >= 11 is 0. The summed E-state index contributed by atoms with van der Waals surface area (Å²) in [6.07, 6.45) is 1.44. The van der Waals surface area contributed by atoms with Gasteiger partial charge in [0, 0.05) is 0 Å². The highest BCUT2D eigenvalue weighted by Crippen LogP contribution is 1.74. The van der Waals surface area contributed by atoms with Crippen LogP contribution in [0.3, 0.4) is 0 Å². The highest BCUT2D eigenvalue weighted by Gasteiger charge is 1.93. The average Bonchev–Trinajstić information content (AvgIpc) is 1.97. The van der Waals surface area contributed by atoms with E-state index in [4.69, 9.17) is 22.6 Å². The zero-order valence-electron chi connectivity index (χ0n) is 6.58. The van der Waals surface area contributed by atoms with Crippen LogP contribution in [0.2, 0.25) is 0 Å². The highest BCUT2D eigenvalue weighted by molar-refractivity contribution is 7.79. The van der Waals surface area contributed by atoms with Crippen molar-refractivity contribution in [2.45, 2.75) is 0 Å². The molecular formula is C5H10O7S. The van der Waals surface area contributed by atoms with Crippen LogP contribution in [0.5, 0.6) is 0 Å². The summed E-state index contributed by atoms with van der Waals surface area (Å²) in [5.41, 5.74) is 0. The Hall–Kier alpha value is -0.960. The highest BCUT2D eigenvalue weighted by atomic mass is 32.3. The van der Waals surface area contributed by atoms with E-state index in [0.717, 1.165) is 0 Å². The Morgan fingerprint density at radius 2 is 1.85 bits per heavy atom. The molecule has 0 aliphatic carbocycles. The van der Waals surface area contributed by atoms with Crippen molar-refractivity contribution in [2.75, 3.05) is 13.2 Å². The summed E-state index contributed by atoms with van der Waals surface area (Å²) < 4.78 is 35.9. The number of carbonyl (C=O) groups is 1. The zero-order valence-corrected chi connectivity index (χ0v) is 7.40. The van der Waals surface area contributed by atoms with Crippen LogP contribution in [0, 0.1) is 0 Å². The first-order chi connectivity index (χ1) is 5.81. The first-order valence-electron chi connectivity index (χ1n) is 2.88. The lowest BCUT2D eigenvalue weighted by Gasteiger charge is -1.94. The van der Waals surface area contributed by atoms with E-state index >= 15 is 0 Å². The van der Waals surface area contributed by atoms with Crippen LogP contribution >= 0.6 is 0 Å². The Labute approximate surface area is 75.2 Å². The van der Waals surface area contributed by atoms with E-state index in [0.29, 0.717) is 0 Å². The van der Waals surface area contributed by atoms with Gasteiger partial charge in [-0.25, -0.2) is 4.79 Å². The third kappa shape index (κ3) is 35.5. The normalized spacial score (nSPS) is 9.46. The first kappa shape index (κ1) is 14.6. The quantitative estimate of drug-likeness (QED) is 0.314. The van der Waals surface area contributed by atoms with Crippen LogP contribution in [-0.2, 0) is 19.9 Å². The summed E-state index contributed by atoms with van der Waals surface area (Å²) in [5, 5.41) is 8.05. The molecule has 0 aliphatic rings. The molecule has 8 heteroatoms. The Morgan fingerprint density at radius 1 is 1.46 bits per heavy atom. The molecular weight excluding hydrogens is 204 g/mol. The van der Waals surface area contributed by atoms with Gasteiger partial charge in [-0.1, -0.05) is 12.7 Å². The van der Waals surface area contributed by atoms with Gasteiger partial charge in [0.1, 0.15) is 13.2 Å². The van der Waals surface area contributed by atoms with Gasteiger partial charge < -0.3 is 9.84 Å². The van der Waals surface area contributed by atoms with Crippen molar-refractivity contribution < 1.29 is 32.2 Å². The third-order valence-corrected chi connectivity index (χ3v) is 0.491. The van der Waals surface area contributed by atoms with Gasteiger partial charge in [0.2, 0.25) is 0 Å². The molecule has 0 radical (unpaired) electrons. The summed E-state index contributed by atoms with van der Waals surface area (Å²) in [5.74, 6) is -0.620. The number of ether oxygens (including phenoxy) is 1. The standard InChI is InChI=1S/C5H8O3.H2O4S/c1-2-3-8-5(7)4-6;1-5(2,3)4/h2,6H,1,3-4H2;(H2,1,2,3,4). The maximum absolute atomic E-state index is 10.1. The smallest absolute Gasteiger partial charge is 0.394 e. The van der Waals surface area contributed by atoms with E-state index in [1.807, 2.05) is 0 Å². The molecule has 0 atom stereocenters. The van der Waals surface area contributed by atoms with E-state index in [2.05, 4.69) is 11.3 Å². The van der Waals surface area contributed by atoms with Crippen LogP contribution in [0.4, 0.5) is 0 Å². The minimum Gasteiger partial charge on any atom is -0.460 e. The van der Waals surface area contributed by atoms with E-state index in [-0.39, 0.29) is 6.61 Å². The van der Waals surface area contributed by atoms with Gasteiger partial charge >= 0.3 is 16.4 Å². The fraction of sp³-hybridized carbons (Fsp3) is 0.400. The molecule has 7 nitrogen and oxygen atoms in total. The molecule has 0 spiro atoms. The molecule has 3 N–H and O–H groups in total. The van der Waals surface area contributed by atoms with Crippen molar-refractivity contribution in [3.8, 4) is 0 Å². The van der Waals surface area contributed by atoms with Crippen molar-refractivity contribution >= 4 is 16.4 Å². The van der Waals surface area contributed by atoms with Crippen LogP contribution in [0.1, 0.15) is 0 Å². The molecule has 0 unspecified atom stereocenters. The molecule has 0 fully saturated rings. The van der Waals surface area contributed by atoms with Crippen molar-refractivity contribution in [1.29, 1.82) is 0 Å². The lowest BCUT2D eigenvalue weighted by Crippen LogP contribution is -2.08. The lowest BCUT2D eigenvalue weighted by atomic mass is 10.7. The van der Waals surface area contributed by atoms with Gasteiger partial charge in [-0.2, -0.15) is 8.42 Å². The average molecular weight is 214 g/mol. The van der Waals surface area contributed by atoms with E-state index < -0.39 is 23.0 Å². The Morgan fingerprint density at radius 3 is 2.08 bits per heavy atom. The van der Waals surface area contributed by atoms with Gasteiger partial charge in [0.15, 0.2) is 0 Å². The second-order valence-corrected chi connectivity index (χ2v) is 2.47. The topological polar surface area (TPSA) is 121 Å². The summed E-state index contributed by atoms with van der Waals surface area (Å²) in [6, 6.07) is 0. The fourth-order valence-corrected chi connectivity index (χ4v) is 0.198. The minimum atomic E-state index is -4.67. The zero-order chi connectivity index (χ0) is 10.9. The molecule has 78 valence electrons. The van der Waals surface area contributed by atoms with Crippen LogP contribution < -0.4 is 0 Å². The van der Waals surface area contributed by atoms with Gasteiger partial charge in [0.05, 0.1) is 0 Å². The van der Waals surface area contributed by atoms with E-state index in [1.165, 1.54) is 6.08 Å². The number of aliphatic hydroxyl groups excluding tert-OH is 1. The molecule has 0 aromatic rings. The van der Waals surface area contributed by atoms with Crippen LogP contribution in [-0.4, -0.2) is 41.8 Å². The van der Waals surface area contributed by atoms with Gasteiger partial charge in [-0.15, -0.1) is 0 Å². The molecule has 0 rings (SSSR count). The molecule has 0 saturated heterocycles. The van der Waals surface area contributed by atoms with Crippen molar-refractivity contribution in [3.05, 3.63) is 12.7 Å². The molecule has 0 aromatic carbocycles. The first-order valence-corrected chi connectivity index (χ1v) is 4.28. The number of hydrogen-bond acceptors (Lipinski definition) is 5. The monoisotopic (exact) mass is 214 g/mol. The number of carbonyl (C=O) groups excluding carboxylic acids is 1.